The number of aldehydes is 1. The highest BCUT2D eigenvalue weighted by molar-refractivity contribution is 5.82. The fourth-order valence-electron chi connectivity index (χ4n) is 4.04. The zero-order valence-electron chi connectivity index (χ0n) is 15.2. The highest BCUT2D eigenvalue weighted by Crippen LogP contribution is 2.50. The first-order chi connectivity index (χ1) is 12.8. The molecule has 148 valence electrons. The molecule has 2 aliphatic heterocycles. The lowest BCUT2D eigenvalue weighted by atomic mass is 9.89. The van der Waals surface area contributed by atoms with E-state index in [1.165, 1.54) is 6.07 Å². The van der Waals surface area contributed by atoms with E-state index in [9.17, 15) is 22.8 Å². The van der Waals surface area contributed by atoms with Crippen molar-refractivity contribution in [2.75, 3.05) is 43.1 Å². The van der Waals surface area contributed by atoms with E-state index >= 15 is 0 Å². The summed E-state index contributed by atoms with van der Waals surface area (Å²) in [7, 11) is 0.974. The number of fused-ring (bicyclic) bond motifs is 3. The molecule has 1 fully saturated rings. The second-order valence-corrected chi connectivity index (χ2v) is 6.67. The van der Waals surface area contributed by atoms with Gasteiger partial charge in [-0.05, 0) is 25.0 Å². The van der Waals surface area contributed by atoms with Crippen LogP contribution in [0.2, 0.25) is 0 Å². The number of alkyl halides is 3. The minimum atomic E-state index is -4.54. The quantitative estimate of drug-likeness (QED) is 0.589. The fourth-order valence-corrected chi connectivity index (χ4v) is 4.04. The molecular formula is C18H22F3N3O3. The van der Waals surface area contributed by atoms with Gasteiger partial charge in [-0.3, -0.25) is 4.90 Å². The first-order valence-corrected chi connectivity index (χ1v) is 8.85. The lowest BCUT2D eigenvalue weighted by molar-refractivity contribution is -0.125. The van der Waals surface area contributed by atoms with E-state index in [4.69, 9.17) is 4.74 Å². The van der Waals surface area contributed by atoms with Crippen molar-refractivity contribution in [3.63, 3.8) is 0 Å². The number of halogens is 3. The second-order valence-electron chi connectivity index (χ2n) is 6.67. The highest BCUT2D eigenvalue weighted by atomic mass is 19.4. The van der Waals surface area contributed by atoms with E-state index in [0.29, 0.717) is 31.5 Å². The number of benzene rings is 1. The first-order valence-electron chi connectivity index (χ1n) is 8.85. The van der Waals surface area contributed by atoms with Gasteiger partial charge in [0, 0.05) is 32.1 Å². The van der Waals surface area contributed by atoms with Crippen LogP contribution in [0.25, 0.3) is 0 Å². The molecule has 1 aromatic rings. The first kappa shape index (κ1) is 19.3. The molecule has 9 heteroatoms. The molecule has 0 N–H and O–H groups in total. The molecule has 0 saturated carbocycles. The molecule has 0 spiro atoms. The average molecular weight is 385 g/mol. The van der Waals surface area contributed by atoms with Crippen molar-refractivity contribution >= 4 is 23.8 Å². The van der Waals surface area contributed by atoms with E-state index in [2.05, 4.69) is 0 Å². The number of hydrogen-bond donors (Lipinski definition) is 0. The van der Waals surface area contributed by atoms with Gasteiger partial charge >= 0.3 is 12.4 Å². The van der Waals surface area contributed by atoms with E-state index in [1.807, 2.05) is 0 Å². The zero-order valence-corrected chi connectivity index (χ0v) is 15.2. The van der Waals surface area contributed by atoms with Gasteiger partial charge < -0.3 is 19.3 Å². The van der Waals surface area contributed by atoms with Crippen LogP contribution >= 0.6 is 0 Å². The number of para-hydroxylation sites is 1. The van der Waals surface area contributed by atoms with E-state index in [0.717, 1.165) is 12.6 Å². The topological polar surface area (TPSA) is 53.1 Å². The van der Waals surface area contributed by atoms with Crippen molar-refractivity contribution in [3.8, 4) is 0 Å². The number of piperidine rings is 1. The number of ether oxygens (including phenoxy) is 1. The second kappa shape index (κ2) is 7.28. The largest absolute Gasteiger partial charge is 0.484 e. The molecule has 3 rings (SSSR count). The van der Waals surface area contributed by atoms with Crippen molar-refractivity contribution in [2.24, 2.45) is 0 Å². The summed E-state index contributed by atoms with van der Waals surface area (Å²) >= 11 is 0. The summed E-state index contributed by atoms with van der Waals surface area (Å²) in [6.07, 6.45) is -3.70. The number of carbonyl (C=O) groups excluding carboxylic acids is 2. The van der Waals surface area contributed by atoms with Crippen molar-refractivity contribution < 1.29 is 27.5 Å². The molecule has 2 atom stereocenters. The van der Waals surface area contributed by atoms with Gasteiger partial charge in [-0.25, -0.2) is 4.79 Å². The number of amides is 1. The maximum Gasteiger partial charge on any atom is 0.484 e. The highest BCUT2D eigenvalue weighted by Gasteiger charge is 2.46. The van der Waals surface area contributed by atoms with Gasteiger partial charge in [0.25, 0.3) is 0 Å². The van der Waals surface area contributed by atoms with Crippen LogP contribution in [-0.2, 0) is 9.53 Å². The summed E-state index contributed by atoms with van der Waals surface area (Å²) in [4.78, 5) is 26.9. The fraction of sp³-hybridized carbons (Fsp3) is 0.556. The monoisotopic (exact) mass is 385 g/mol. The molecule has 1 aromatic carbocycles. The number of carbonyl (C=O) groups is 2. The predicted molar refractivity (Wildman–Crippen MR) is 94.1 cm³/mol. The predicted octanol–water partition coefficient (Wildman–Crippen LogP) is 2.98. The Morgan fingerprint density at radius 2 is 2.15 bits per heavy atom. The van der Waals surface area contributed by atoms with Gasteiger partial charge in [-0.15, -0.1) is 0 Å². The summed E-state index contributed by atoms with van der Waals surface area (Å²) in [5.41, 5.74) is 1.16. The Labute approximate surface area is 155 Å². The van der Waals surface area contributed by atoms with Crippen molar-refractivity contribution in [2.45, 2.75) is 31.6 Å². The van der Waals surface area contributed by atoms with Crippen molar-refractivity contribution in [3.05, 3.63) is 23.8 Å². The van der Waals surface area contributed by atoms with Crippen LogP contribution in [0, 0.1) is 0 Å². The number of hydrogen-bond acceptors (Lipinski definition) is 5. The van der Waals surface area contributed by atoms with Crippen LogP contribution in [0.3, 0.4) is 0 Å². The van der Waals surface area contributed by atoms with E-state index in [-0.39, 0.29) is 35.7 Å². The Kier molecular flexibility index (Phi) is 5.21. The molecule has 1 amide bonds. The van der Waals surface area contributed by atoms with Crippen LogP contribution < -0.4 is 9.80 Å². The zero-order chi connectivity index (χ0) is 19.8. The number of rotatable bonds is 4. The molecule has 0 aromatic heterocycles. The molecule has 6 nitrogen and oxygen atoms in total. The van der Waals surface area contributed by atoms with Crippen LogP contribution in [-0.4, -0.2) is 62.9 Å². The minimum Gasteiger partial charge on any atom is -0.450 e. The Balaban J connectivity index is 2.00. The van der Waals surface area contributed by atoms with E-state index < -0.39 is 12.4 Å². The Hall–Kier alpha value is -2.45. The number of anilines is 2. The Morgan fingerprint density at radius 1 is 1.41 bits per heavy atom. The van der Waals surface area contributed by atoms with Gasteiger partial charge in [0.15, 0.2) is 0 Å². The lowest BCUT2D eigenvalue weighted by Gasteiger charge is -2.38. The van der Waals surface area contributed by atoms with Crippen molar-refractivity contribution in [1.29, 1.82) is 0 Å². The number of likely N-dealkylation sites (tertiary alicyclic amines) is 1. The molecule has 1 saturated heterocycles. The minimum absolute atomic E-state index is 0.0102. The molecule has 0 aliphatic carbocycles. The maximum atomic E-state index is 13.3. The van der Waals surface area contributed by atoms with Crippen LogP contribution in [0.5, 0.6) is 0 Å². The third kappa shape index (κ3) is 3.42. The molecular weight excluding hydrogens is 363 g/mol. The van der Waals surface area contributed by atoms with E-state index in [1.54, 1.807) is 28.9 Å². The van der Waals surface area contributed by atoms with Gasteiger partial charge in [-0.1, -0.05) is 12.1 Å². The third-order valence-electron chi connectivity index (χ3n) is 5.25. The third-order valence-corrected chi connectivity index (χ3v) is 5.25. The number of nitrogens with zero attached hydrogens (tertiary/aromatic N) is 3. The summed E-state index contributed by atoms with van der Waals surface area (Å²) in [6, 6.07) is 4.64. The van der Waals surface area contributed by atoms with Crippen molar-refractivity contribution in [1.82, 2.24) is 4.90 Å². The SMILES string of the molecule is CCOC(=O)N1CCC2C(C1)c1cccc(N(C)C(F)(F)F)c1N2CC=O. The standard InChI is InChI=1S/C18H22F3N3O3/c1-3-27-17(26)23-8-7-14-13(11-23)12-5-4-6-15(22(2)18(19,20)21)16(12)24(14)9-10-25/h4-6,10,13-14H,3,7-9,11H2,1-2H3. The molecule has 2 heterocycles. The van der Waals surface area contributed by atoms with Gasteiger partial charge in [-0.2, -0.15) is 13.2 Å². The molecule has 27 heavy (non-hydrogen) atoms. The van der Waals surface area contributed by atoms with Crippen LogP contribution in [0.15, 0.2) is 18.2 Å². The van der Waals surface area contributed by atoms with Crippen LogP contribution in [0.4, 0.5) is 29.3 Å². The van der Waals surface area contributed by atoms with Crippen LogP contribution in [0.1, 0.15) is 24.8 Å². The van der Waals surface area contributed by atoms with Gasteiger partial charge in [0.05, 0.1) is 24.5 Å². The summed E-state index contributed by atoms with van der Waals surface area (Å²) in [5, 5.41) is 0. The molecule has 2 unspecified atom stereocenters. The normalized spacial score (nSPS) is 21.5. The molecule has 0 bridgehead atoms. The summed E-state index contributed by atoms with van der Waals surface area (Å²) in [6.45, 7) is 2.79. The summed E-state index contributed by atoms with van der Waals surface area (Å²) < 4.78 is 45.0. The van der Waals surface area contributed by atoms with Gasteiger partial charge in [0.1, 0.15) is 6.29 Å². The average Bonchev–Trinajstić information content (AvgIpc) is 2.94. The summed E-state index contributed by atoms with van der Waals surface area (Å²) in [5.74, 6) is -0.167. The molecule has 0 radical (unpaired) electrons. The Morgan fingerprint density at radius 3 is 2.78 bits per heavy atom. The van der Waals surface area contributed by atoms with Gasteiger partial charge in [0.2, 0.25) is 0 Å². The maximum absolute atomic E-state index is 13.3. The smallest absolute Gasteiger partial charge is 0.450 e. The molecule has 2 aliphatic rings. The lowest BCUT2D eigenvalue weighted by Crippen LogP contribution is -2.48. The Bertz CT molecular complexity index is 726.